The van der Waals surface area contributed by atoms with E-state index >= 15 is 0 Å². The number of allylic oxidation sites excluding steroid dienone is 1. The monoisotopic (exact) mass is 267 g/mol. The van der Waals surface area contributed by atoms with Crippen molar-refractivity contribution in [2.75, 3.05) is 13.1 Å². The van der Waals surface area contributed by atoms with Crippen LogP contribution in [0.1, 0.15) is 52.9 Å². The zero-order valence-electron chi connectivity index (χ0n) is 12.6. The molecule has 0 aromatic rings. The van der Waals surface area contributed by atoms with Gasteiger partial charge in [0.1, 0.15) is 11.7 Å². The predicted octanol–water partition coefficient (Wildman–Crippen LogP) is 2.33. The molecule has 2 aliphatic rings. The molecule has 0 aromatic heterocycles. The van der Waals surface area contributed by atoms with Crippen molar-refractivity contribution in [2.24, 2.45) is 5.92 Å². The molecule has 19 heavy (non-hydrogen) atoms. The van der Waals surface area contributed by atoms with Crippen molar-refractivity contribution in [3.63, 3.8) is 0 Å². The van der Waals surface area contributed by atoms with Gasteiger partial charge < -0.3 is 10.2 Å². The van der Waals surface area contributed by atoms with E-state index in [-0.39, 0.29) is 6.04 Å². The highest BCUT2D eigenvalue weighted by molar-refractivity contribution is 5.23. The zero-order chi connectivity index (χ0) is 14.0. The van der Waals surface area contributed by atoms with Crippen molar-refractivity contribution in [3.8, 4) is 0 Å². The molecule has 0 saturated carbocycles. The summed E-state index contributed by atoms with van der Waals surface area (Å²) in [5.41, 5.74) is 0.0252. The third-order valence-corrected chi connectivity index (χ3v) is 4.84. The molecule has 0 spiro atoms. The van der Waals surface area contributed by atoms with E-state index in [0.29, 0.717) is 5.92 Å². The lowest BCUT2D eigenvalue weighted by molar-refractivity contribution is -0.110. The Morgan fingerprint density at radius 1 is 1.53 bits per heavy atom. The second kappa shape index (κ2) is 5.94. The maximum absolute atomic E-state index is 10.6. The highest BCUT2D eigenvalue weighted by Crippen LogP contribution is 2.37. The summed E-state index contributed by atoms with van der Waals surface area (Å²) in [5.74, 6) is 0.486. The SMILES string of the molecule is CCCCC(C)/C=C1\CN2CCCC2C(C)(O)C1O. The topological polar surface area (TPSA) is 43.7 Å². The van der Waals surface area contributed by atoms with Gasteiger partial charge in [0.2, 0.25) is 0 Å². The summed E-state index contributed by atoms with van der Waals surface area (Å²) in [7, 11) is 0. The Hall–Kier alpha value is -0.380. The Labute approximate surface area is 117 Å². The van der Waals surface area contributed by atoms with E-state index in [1.165, 1.54) is 12.8 Å². The summed E-state index contributed by atoms with van der Waals surface area (Å²) in [5, 5.41) is 21.1. The number of fused-ring (bicyclic) bond motifs is 1. The van der Waals surface area contributed by atoms with Gasteiger partial charge in [0.15, 0.2) is 0 Å². The van der Waals surface area contributed by atoms with E-state index in [9.17, 15) is 10.2 Å². The standard InChI is InChI=1S/C16H29NO2/c1-4-5-7-12(2)10-13-11-17-9-6-8-14(17)16(3,19)15(13)18/h10,12,14-15,18-19H,4-9,11H2,1-3H3/b13-10+. The molecule has 4 unspecified atom stereocenters. The van der Waals surface area contributed by atoms with Gasteiger partial charge >= 0.3 is 0 Å². The molecule has 2 saturated heterocycles. The third kappa shape index (κ3) is 3.04. The van der Waals surface area contributed by atoms with Crippen LogP contribution in [0.25, 0.3) is 0 Å². The van der Waals surface area contributed by atoms with Crippen molar-refractivity contribution >= 4 is 0 Å². The molecule has 0 aromatic carbocycles. The summed E-state index contributed by atoms with van der Waals surface area (Å²) in [4.78, 5) is 2.34. The Balaban J connectivity index is 2.10. The number of rotatable bonds is 4. The largest absolute Gasteiger partial charge is 0.386 e. The fourth-order valence-electron chi connectivity index (χ4n) is 3.67. The first kappa shape index (κ1) is 15.0. The molecular weight excluding hydrogens is 238 g/mol. The molecule has 3 nitrogen and oxygen atoms in total. The van der Waals surface area contributed by atoms with E-state index in [1.807, 2.05) is 0 Å². The van der Waals surface area contributed by atoms with E-state index in [2.05, 4.69) is 24.8 Å². The summed E-state index contributed by atoms with van der Waals surface area (Å²) in [6, 6.07) is 0.130. The van der Waals surface area contributed by atoms with Crippen LogP contribution in [-0.4, -0.2) is 45.9 Å². The third-order valence-electron chi connectivity index (χ3n) is 4.84. The van der Waals surface area contributed by atoms with Crippen molar-refractivity contribution in [2.45, 2.75) is 70.6 Å². The van der Waals surface area contributed by atoms with Gasteiger partial charge in [-0.05, 0) is 44.2 Å². The number of piperidine rings is 1. The lowest BCUT2D eigenvalue weighted by Gasteiger charge is -2.46. The highest BCUT2D eigenvalue weighted by atomic mass is 16.3. The average Bonchev–Trinajstić information content (AvgIpc) is 2.82. The van der Waals surface area contributed by atoms with Gasteiger partial charge in [-0.2, -0.15) is 0 Å². The number of aliphatic hydroxyl groups excluding tert-OH is 1. The summed E-state index contributed by atoms with van der Waals surface area (Å²) in [6.07, 6.45) is 7.23. The Morgan fingerprint density at radius 2 is 2.26 bits per heavy atom. The number of aliphatic hydroxyl groups is 2. The molecule has 110 valence electrons. The maximum Gasteiger partial charge on any atom is 0.107 e. The molecule has 4 atom stereocenters. The van der Waals surface area contributed by atoms with Gasteiger partial charge in [-0.1, -0.05) is 32.8 Å². The zero-order valence-corrected chi connectivity index (χ0v) is 12.6. The summed E-state index contributed by atoms with van der Waals surface area (Å²) >= 11 is 0. The van der Waals surface area contributed by atoms with E-state index < -0.39 is 11.7 Å². The number of unbranched alkanes of at least 4 members (excludes halogenated alkanes) is 1. The normalized spacial score (nSPS) is 39.5. The maximum atomic E-state index is 10.6. The van der Waals surface area contributed by atoms with Crippen LogP contribution < -0.4 is 0 Å². The molecule has 2 rings (SSSR count). The Kier molecular flexibility index (Phi) is 4.70. The first-order valence-corrected chi connectivity index (χ1v) is 7.82. The van der Waals surface area contributed by atoms with Gasteiger partial charge in [0.25, 0.3) is 0 Å². The minimum Gasteiger partial charge on any atom is -0.386 e. The molecule has 0 radical (unpaired) electrons. The van der Waals surface area contributed by atoms with Gasteiger partial charge in [-0.15, -0.1) is 0 Å². The highest BCUT2D eigenvalue weighted by Gasteiger charge is 2.49. The van der Waals surface area contributed by atoms with E-state index in [0.717, 1.165) is 37.9 Å². The summed E-state index contributed by atoms with van der Waals surface area (Å²) < 4.78 is 0. The lowest BCUT2D eigenvalue weighted by Crippen LogP contribution is -2.61. The van der Waals surface area contributed by atoms with Gasteiger partial charge in [0.05, 0.1) is 0 Å². The quantitative estimate of drug-likeness (QED) is 0.768. The summed E-state index contributed by atoms with van der Waals surface area (Å²) in [6.45, 7) is 8.09. The molecule has 0 amide bonds. The van der Waals surface area contributed by atoms with E-state index in [4.69, 9.17) is 0 Å². The van der Waals surface area contributed by atoms with Crippen LogP contribution in [0.15, 0.2) is 11.6 Å². The number of hydrogen-bond donors (Lipinski definition) is 2. The minimum absolute atomic E-state index is 0.130. The second-order valence-electron chi connectivity index (χ2n) is 6.62. The second-order valence-corrected chi connectivity index (χ2v) is 6.62. The van der Waals surface area contributed by atoms with Crippen molar-refractivity contribution in [1.29, 1.82) is 0 Å². The lowest BCUT2D eigenvalue weighted by atomic mass is 9.80. The van der Waals surface area contributed by atoms with Crippen LogP contribution in [0, 0.1) is 5.92 Å². The van der Waals surface area contributed by atoms with Gasteiger partial charge in [-0.25, -0.2) is 0 Å². The fourth-order valence-corrected chi connectivity index (χ4v) is 3.67. The average molecular weight is 267 g/mol. The fraction of sp³-hybridized carbons (Fsp3) is 0.875. The van der Waals surface area contributed by atoms with Crippen molar-refractivity contribution in [1.82, 2.24) is 4.90 Å². The molecular formula is C16H29NO2. The van der Waals surface area contributed by atoms with Crippen LogP contribution >= 0.6 is 0 Å². The first-order chi connectivity index (χ1) is 8.96. The molecule has 2 heterocycles. The Morgan fingerprint density at radius 3 is 2.95 bits per heavy atom. The van der Waals surface area contributed by atoms with Crippen molar-refractivity contribution < 1.29 is 10.2 Å². The van der Waals surface area contributed by atoms with Crippen LogP contribution in [0.2, 0.25) is 0 Å². The number of nitrogens with zero attached hydrogens (tertiary/aromatic N) is 1. The molecule has 0 aliphatic carbocycles. The van der Waals surface area contributed by atoms with E-state index in [1.54, 1.807) is 6.92 Å². The number of hydrogen-bond acceptors (Lipinski definition) is 3. The van der Waals surface area contributed by atoms with Crippen LogP contribution in [-0.2, 0) is 0 Å². The predicted molar refractivity (Wildman–Crippen MR) is 78.0 cm³/mol. The van der Waals surface area contributed by atoms with Gasteiger partial charge in [0, 0.05) is 12.6 Å². The first-order valence-electron chi connectivity index (χ1n) is 7.82. The van der Waals surface area contributed by atoms with Crippen LogP contribution in [0.4, 0.5) is 0 Å². The minimum atomic E-state index is -0.995. The van der Waals surface area contributed by atoms with Gasteiger partial charge in [-0.3, -0.25) is 4.90 Å². The molecule has 2 N–H and O–H groups in total. The molecule has 2 aliphatic heterocycles. The van der Waals surface area contributed by atoms with Crippen molar-refractivity contribution in [3.05, 3.63) is 11.6 Å². The molecule has 0 bridgehead atoms. The van der Waals surface area contributed by atoms with Crippen LogP contribution in [0.3, 0.4) is 0 Å². The smallest absolute Gasteiger partial charge is 0.107 e. The van der Waals surface area contributed by atoms with Crippen LogP contribution in [0.5, 0.6) is 0 Å². The molecule has 3 heteroatoms. The Bertz CT molecular complexity index is 338. The molecule has 2 fully saturated rings.